The van der Waals surface area contributed by atoms with Gasteiger partial charge in [-0.3, -0.25) is 9.69 Å². The van der Waals surface area contributed by atoms with E-state index in [-0.39, 0.29) is 5.91 Å². The van der Waals surface area contributed by atoms with E-state index in [4.69, 9.17) is 9.15 Å². The smallest absolute Gasteiger partial charge is 0.224 e. The summed E-state index contributed by atoms with van der Waals surface area (Å²) in [5.74, 6) is 0.840. The van der Waals surface area contributed by atoms with Gasteiger partial charge in [-0.1, -0.05) is 0 Å². The summed E-state index contributed by atoms with van der Waals surface area (Å²) in [4.78, 5) is 16.5. The number of carbonyl (C=O) groups excluding carboxylic acids is 1. The molecule has 3 rings (SSSR count). The van der Waals surface area contributed by atoms with Crippen LogP contribution in [0.3, 0.4) is 0 Å². The van der Waals surface area contributed by atoms with Crippen LogP contribution in [0.1, 0.15) is 37.5 Å². The van der Waals surface area contributed by atoms with Crippen molar-refractivity contribution in [1.29, 1.82) is 0 Å². The highest BCUT2D eigenvalue weighted by atomic mass is 16.5. The predicted octanol–water partition coefficient (Wildman–Crippen LogP) is 1.42. The van der Waals surface area contributed by atoms with Gasteiger partial charge >= 0.3 is 0 Å². The molecule has 0 aromatic carbocycles. The Morgan fingerprint density at radius 3 is 2.91 bits per heavy atom. The highest BCUT2D eigenvalue weighted by Crippen LogP contribution is 2.27. The van der Waals surface area contributed by atoms with Gasteiger partial charge in [0.05, 0.1) is 19.5 Å². The highest BCUT2D eigenvalue weighted by Gasteiger charge is 2.28. The predicted molar refractivity (Wildman–Crippen MR) is 84.9 cm³/mol. The molecule has 2 aliphatic rings. The number of amides is 1. The third kappa shape index (κ3) is 4.34. The quantitative estimate of drug-likeness (QED) is 0.858. The molecule has 0 spiro atoms. The van der Waals surface area contributed by atoms with Gasteiger partial charge in [-0.2, -0.15) is 0 Å². The standard InChI is InChI=1S/C17H26N2O4/c20-15(16-4-2-10-23-16)13-14-3-1-6-18(14)7-5-17(21)19-8-11-22-12-9-19/h2,4,10,14-15,20H,1,3,5-9,11-13H2. The minimum Gasteiger partial charge on any atom is -0.467 e. The summed E-state index contributed by atoms with van der Waals surface area (Å²) in [7, 11) is 0. The lowest BCUT2D eigenvalue weighted by molar-refractivity contribution is -0.135. The van der Waals surface area contributed by atoms with Crippen LogP contribution in [0.5, 0.6) is 0 Å². The molecule has 2 fully saturated rings. The summed E-state index contributed by atoms with van der Waals surface area (Å²) in [6.07, 6.45) is 4.44. The number of carbonyl (C=O) groups is 1. The number of nitrogens with zero attached hydrogens (tertiary/aromatic N) is 2. The van der Waals surface area contributed by atoms with Crippen LogP contribution in [-0.4, -0.2) is 66.2 Å². The topological polar surface area (TPSA) is 66.2 Å². The molecule has 1 N–H and O–H groups in total. The van der Waals surface area contributed by atoms with Crippen molar-refractivity contribution in [3.8, 4) is 0 Å². The molecular formula is C17H26N2O4. The number of aliphatic hydroxyl groups is 1. The zero-order valence-corrected chi connectivity index (χ0v) is 13.5. The van der Waals surface area contributed by atoms with Crippen LogP contribution in [0.15, 0.2) is 22.8 Å². The largest absolute Gasteiger partial charge is 0.467 e. The molecule has 6 heteroatoms. The number of ether oxygens (including phenoxy) is 1. The molecule has 1 amide bonds. The average Bonchev–Trinajstić information content (AvgIpc) is 3.25. The van der Waals surface area contributed by atoms with Gasteiger partial charge in [0.2, 0.25) is 5.91 Å². The van der Waals surface area contributed by atoms with Crippen molar-refractivity contribution in [2.45, 2.75) is 37.8 Å². The molecule has 0 aliphatic carbocycles. The Morgan fingerprint density at radius 2 is 2.17 bits per heavy atom. The fraction of sp³-hybridized carbons (Fsp3) is 0.706. The van der Waals surface area contributed by atoms with Crippen LogP contribution in [0.25, 0.3) is 0 Å². The Balaban J connectivity index is 1.46. The lowest BCUT2D eigenvalue weighted by Crippen LogP contribution is -2.42. The maximum Gasteiger partial charge on any atom is 0.224 e. The molecule has 1 aromatic heterocycles. The third-order valence-electron chi connectivity index (χ3n) is 4.84. The highest BCUT2D eigenvalue weighted by molar-refractivity contribution is 5.76. The van der Waals surface area contributed by atoms with Crippen molar-refractivity contribution in [2.24, 2.45) is 0 Å². The number of furan rings is 1. The van der Waals surface area contributed by atoms with Crippen molar-refractivity contribution in [3.05, 3.63) is 24.2 Å². The summed E-state index contributed by atoms with van der Waals surface area (Å²) >= 11 is 0. The molecule has 6 nitrogen and oxygen atoms in total. The van der Waals surface area contributed by atoms with Crippen molar-refractivity contribution >= 4 is 5.91 Å². The van der Waals surface area contributed by atoms with E-state index >= 15 is 0 Å². The Hall–Kier alpha value is -1.37. The van der Waals surface area contributed by atoms with Gasteiger partial charge in [-0.15, -0.1) is 0 Å². The van der Waals surface area contributed by atoms with Crippen molar-refractivity contribution in [3.63, 3.8) is 0 Å². The van der Waals surface area contributed by atoms with Crippen molar-refractivity contribution < 1.29 is 19.1 Å². The van der Waals surface area contributed by atoms with Crippen LogP contribution < -0.4 is 0 Å². The lowest BCUT2D eigenvalue weighted by Gasteiger charge is -2.29. The average molecular weight is 322 g/mol. The van der Waals surface area contributed by atoms with Gasteiger partial charge in [0.1, 0.15) is 11.9 Å². The van der Waals surface area contributed by atoms with E-state index in [2.05, 4.69) is 4.90 Å². The molecule has 1 aromatic rings. The molecule has 128 valence electrons. The molecular weight excluding hydrogens is 296 g/mol. The summed E-state index contributed by atoms with van der Waals surface area (Å²) in [5.41, 5.74) is 0. The summed E-state index contributed by atoms with van der Waals surface area (Å²) in [6.45, 7) is 4.48. The fourth-order valence-electron chi connectivity index (χ4n) is 3.52. The van der Waals surface area contributed by atoms with Gasteiger partial charge < -0.3 is 19.2 Å². The normalized spacial score (nSPS) is 24.0. The first-order valence-electron chi connectivity index (χ1n) is 8.55. The Kier molecular flexibility index (Phi) is 5.70. The van der Waals surface area contributed by atoms with Crippen LogP contribution in [0.4, 0.5) is 0 Å². The van der Waals surface area contributed by atoms with Crippen molar-refractivity contribution in [2.75, 3.05) is 39.4 Å². The summed E-state index contributed by atoms with van der Waals surface area (Å²) in [5, 5.41) is 10.3. The molecule has 2 aliphatic heterocycles. The van der Waals surface area contributed by atoms with Gasteiger partial charge in [-0.05, 0) is 37.9 Å². The molecule has 0 radical (unpaired) electrons. The van der Waals surface area contributed by atoms with Gasteiger partial charge in [-0.25, -0.2) is 0 Å². The molecule has 3 heterocycles. The Morgan fingerprint density at radius 1 is 1.35 bits per heavy atom. The number of aliphatic hydroxyl groups excluding tert-OH is 1. The second-order valence-corrected chi connectivity index (χ2v) is 6.34. The maximum absolute atomic E-state index is 12.2. The first-order chi connectivity index (χ1) is 11.2. The summed E-state index contributed by atoms with van der Waals surface area (Å²) in [6, 6.07) is 3.94. The first kappa shape index (κ1) is 16.5. The SMILES string of the molecule is O=C(CCN1CCCC1CC(O)c1ccco1)N1CCOCC1. The molecule has 0 saturated carbocycles. The van der Waals surface area contributed by atoms with Crippen LogP contribution in [0.2, 0.25) is 0 Å². The van der Waals surface area contributed by atoms with Gasteiger partial charge in [0.15, 0.2) is 0 Å². The van der Waals surface area contributed by atoms with Crippen molar-refractivity contribution in [1.82, 2.24) is 9.80 Å². The minimum absolute atomic E-state index is 0.213. The van der Waals surface area contributed by atoms with Gasteiger partial charge in [0.25, 0.3) is 0 Å². The lowest BCUT2D eigenvalue weighted by atomic mass is 10.1. The number of morpholine rings is 1. The number of hydrogen-bond acceptors (Lipinski definition) is 5. The number of hydrogen-bond donors (Lipinski definition) is 1. The van der Waals surface area contributed by atoms with Gasteiger partial charge in [0, 0.05) is 32.1 Å². The number of rotatable bonds is 6. The molecule has 2 saturated heterocycles. The third-order valence-corrected chi connectivity index (χ3v) is 4.84. The molecule has 0 bridgehead atoms. The molecule has 2 unspecified atom stereocenters. The zero-order valence-electron chi connectivity index (χ0n) is 13.5. The first-order valence-corrected chi connectivity index (χ1v) is 8.55. The van der Waals surface area contributed by atoms with E-state index in [1.165, 1.54) is 0 Å². The van der Waals surface area contributed by atoms with E-state index < -0.39 is 6.10 Å². The Labute approximate surface area is 137 Å². The second-order valence-electron chi connectivity index (χ2n) is 6.34. The fourth-order valence-corrected chi connectivity index (χ4v) is 3.52. The van der Waals surface area contributed by atoms with E-state index in [0.717, 1.165) is 25.9 Å². The zero-order chi connectivity index (χ0) is 16.1. The molecule has 2 atom stereocenters. The van der Waals surface area contributed by atoms with Crippen LogP contribution in [0, 0.1) is 0 Å². The molecule has 23 heavy (non-hydrogen) atoms. The van der Waals surface area contributed by atoms with E-state index in [1.807, 2.05) is 11.0 Å². The summed E-state index contributed by atoms with van der Waals surface area (Å²) < 4.78 is 10.6. The van der Waals surface area contributed by atoms with E-state index in [0.29, 0.717) is 50.9 Å². The maximum atomic E-state index is 12.2. The second kappa shape index (κ2) is 7.95. The minimum atomic E-state index is -0.564. The monoisotopic (exact) mass is 322 g/mol. The Bertz CT molecular complexity index is 485. The van der Waals surface area contributed by atoms with E-state index in [9.17, 15) is 9.90 Å². The number of likely N-dealkylation sites (tertiary alicyclic amines) is 1. The van der Waals surface area contributed by atoms with Crippen LogP contribution in [-0.2, 0) is 9.53 Å². The van der Waals surface area contributed by atoms with Crippen LogP contribution >= 0.6 is 0 Å². The van der Waals surface area contributed by atoms with E-state index in [1.54, 1.807) is 12.3 Å².